The maximum atomic E-state index is 12.6. The summed E-state index contributed by atoms with van der Waals surface area (Å²) in [6.07, 6.45) is 6.08. The van der Waals surface area contributed by atoms with Gasteiger partial charge in [0.25, 0.3) is 0 Å². The molecule has 126 valence electrons. The number of nitrogens with one attached hydrogen (secondary N) is 1. The van der Waals surface area contributed by atoms with Crippen LogP contribution >= 0.6 is 0 Å². The summed E-state index contributed by atoms with van der Waals surface area (Å²) in [7, 11) is 1.67. The number of ether oxygens (including phenoxy) is 1. The van der Waals surface area contributed by atoms with E-state index < -0.39 is 0 Å². The highest BCUT2D eigenvalue weighted by Crippen LogP contribution is 2.49. The number of hydrogen-bond donors (Lipinski definition) is 1. The monoisotopic (exact) mass is 315 g/mol. The van der Waals surface area contributed by atoms with Gasteiger partial charge in [0.2, 0.25) is 5.91 Å². The van der Waals surface area contributed by atoms with Crippen molar-refractivity contribution in [1.29, 1.82) is 0 Å². The predicted octanol–water partition coefficient (Wildman–Crippen LogP) is 4.33. The van der Waals surface area contributed by atoms with Gasteiger partial charge in [-0.1, -0.05) is 32.4 Å². The smallest absolute Gasteiger partial charge is 0.220 e. The van der Waals surface area contributed by atoms with E-state index in [0.29, 0.717) is 18.3 Å². The molecule has 0 spiro atoms. The minimum atomic E-state index is 0.0759. The molecule has 4 unspecified atom stereocenters. The Kier molecular flexibility index (Phi) is 4.93. The van der Waals surface area contributed by atoms with E-state index in [-0.39, 0.29) is 11.9 Å². The van der Waals surface area contributed by atoms with Crippen LogP contribution in [0.3, 0.4) is 0 Å². The van der Waals surface area contributed by atoms with Crippen molar-refractivity contribution in [2.45, 2.75) is 52.0 Å². The lowest BCUT2D eigenvalue weighted by molar-refractivity contribution is -0.123. The lowest BCUT2D eigenvalue weighted by Gasteiger charge is -2.26. The van der Waals surface area contributed by atoms with Gasteiger partial charge in [-0.05, 0) is 60.6 Å². The molecule has 2 aliphatic carbocycles. The van der Waals surface area contributed by atoms with Crippen LogP contribution < -0.4 is 10.1 Å². The Morgan fingerprint density at radius 3 is 2.48 bits per heavy atom. The first-order chi connectivity index (χ1) is 11.1. The molecule has 1 amide bonds. The minimum Gasteiger partial charge on any atom is -0.497 e. The number of carbonyl (C=O) groups excluding carboxylic acids is 1. The molecule has 1 aromatic carbocycles. The highest BCUT2D eigenvalue weighted by molar-refractivity contribution is 5.76. The van der Waals surface area contributed by atoms with Crippen LogP contribution in [0.5, 0.6) is 5.75 Å². The van der Waals surface area contributed by atoms with Gasteiger partial charge in [-0.3, -0.25) is 4.79 Å². The molecule has 2 saturated carbocycles. The third-order valence-corrected chi connectivity index (χ3v) is 5.79. The van der Waals surface area contributed by atoms with Gasteiger partial charge in [-0.2, -0.15) is 0 Å². The van der Waals surface area contributed by atoms with Crippen LogP contribution in [0.1, 0.15) is 57.6 Å². The Bertz CT molecular complexity index is 537. The van der Waals surface area contributed by atoms with Gasteiger partial charge in [0.05, 0.1) is 13.2 Å². The largest absolute Gasteiger partial charge is 0.497 e. The Labute approximate surface area is 139 Å². The van der Waals surface area contributed by atoms with Crippen molar-refractivity contribution in [3.8, 4) is 5.75 Å². The lowest BCUT2D eigenvalue weighted by Crippen LogP contribution is -2.33. The molecular weight excluding hydrogens is 286 g/mol. The van der Waals surface area contributed by atoms with Gasteiger partial charge in [-0.25, -0.2) is 0 Å². The van der Waals surface area contributed by atoms with Crippen LogP contribution in [0.25, 0.3) is 0 Å². The molecule has 2 aliphatic rings. The quantitative estimate of drug-likeness (QED) is 0.848. The van der Waals surface area contributed by atoms with Gasteiger partial charge in [-0.15, -0.1) is 0 Å². The molecule has 0 aromatic heterocycles. The molecule has 23 heavy (non-hydrogen) atoms. The average molecular weight is 315 g/mol. The van der Waals surface area contributed by atoms with Crippen LogP contribution in [-0.2, 0) is 4.79 Å². The van der Waals surface area contributed by atoms with Crippen molar-refractivity contribution < 1.29 is 9.53 Å². The van der Waals surface area contributed by atoms with E-state index in [1.807, 2.05) is 12.1 Å². The molecule has 0 heterocycles. The number of rotatable bonds is 6. The summed E-state index contributed by atoms with van der Waals surface area (Å²) in [5, 5.41) is 3.28. The maximum Gasteiger partial charge on any atom is 0.220 e. The molecular formula is C20H29NO2. The highest BCUT2D eigenvalue weighted by atomic mass is 16.5. The van der Waals surface area contributed by atoms with Crippen LogP contribution in [-0.4, -0.2) is 13.0 Å². The van der Waals surface area contributed by atoms with E-state index in [9.17, 15) is 4.79 Å². The second-order valence-corrected chi connectivity index (χ2v) is 7.70. The third-order valence-electron chi connectivity index (χ3n) is 5.79. The van der Waals surface area contributed by atoms with Crippen LogP contribution in [0.15, 0.2) is 24.3 Å². The van der Waals surface area contributed by atoms with Crippen molar-refractivity contribution in [2.24, 2.45) is 23.7 Å². The van der Waals surface area contributed by atoms with Crippen molar-refractivity contribution in [1.82, 2.24) is 5.32 Å². The SMILES string of the molecule is COc1ccc(C(NC(=O)CC2CC3CCC2C3)C(C)C)cc1. The number of carbonyl (C=O) groups is 1. The van der Waals surface area contributed by atoms with Gasteiger partial charge >= 0.3 is 0 Å². The van der Waals surface area contributed by atoms with Crippen LogP contribution in [0.4, 0.5) is 0 Å². The standard InChI is InChI=1S/C20H29NO2/c1-13(2)20(15-6-8-18(23-3)9-7-15)21-19(22)12-17-11-14-4-5-16(17)10-14/h6-9,13-14,16-17,20H,4-5,10-12H2,1-3H3,(H,21,22). The first-order valence-electron chi connectivity index (χ1n) is 9.00. The lowest BCUT2D eigenvalue weighted by atomic mass is 9.86. The molecule has 3 rings (SSSR count). The summed E-state index contributed by atoms with van der Waals surface area (Å²) in [6, 6.07) is 8.12. The molecule has 3 heteroatoms. The Morgan fingerprint density at radius 1 is 1.22 bits per heavy atom. The van der Waals surface area contributed by atoms with Gasteiger partial charge in [0.1, 0.15) is 5.75 Å². The molecule has 2 fully saturated rings. The number of hydrogen-bond acceptors (Lipinski definition) is 2. The third kappa shape index (κ3) is 3.70. The van der Waals surface area contributed by atoms with Gasteiger partial charge in [0, 0.05) is 6.42 Å². The topological polar surface area (TPSA) is 38.3 Å². The number of amides is 1. The molecule has 4 atom stereocenters. The Hall–Kier alpha value is -1.51. The molecule has 2 bridgehead atoms. The van der Waals surface area contributed by atoms with Crippen molar-refractivity contribution in [3.05, 3.63) is 29.8 Å². The summed E-state index contributed by atoms with van der Waals surface area (Å²) in [4.78, 5) is 12.6. The number of fused-ring (bicyclic) bond motifs is 2. The maximum absolute atomic E-state index is 12.6. The summed E-state index contributed by atoms with van der Waals surface area (Å²) in [5.41, 5.74) is 1.15. The van der Waals surface area contributed by atoms with Crippen molar-refractivity contribution in [3.63, 3.8) is 0 Å². The molecule has 1 N–H and O–H groups in total. The van der Waals surface area contributed by atoms with E-state index in [1.54, 1.807) is 7.11 Å². The average Bonchev–Trinajstić information content (AvgIpc) is 3.15. The Balaban J connectivity index is 1.61. The van der Waals surface area contributed by atoms with E-state index in [1.165, 1.54) is 25.7 Å². The summed E-state index contributed by atoms with van der Waals surface area (Å²) in [6.45, 7) is 4.32. The first kappa shape index (κ1) is 16.4. The second kappa shape index (κ2) is 6.94. The predicted molar refractivity (Wildman–Crippen MR) is 92.3 cm³/mol. The number of benzene rings is 1. The normalized spacial score (nSPS) is 27.2. The zero-order valence-electron chi connectivity index (χ0n) is 14.5. The second-order valence-electron chi connectivity index (χ2n) is 7.70. The Morgan fingerprint density at radius 2 is 1.96 bits per heavy atom. The summed E-state index contributed by atoms with van der Waals surface area (Å²) >= 11 is 0. The van der Waals surface area contributed by atoms with Gasteiger partial charge < -0.3 is 10.1 Å². The van der Waals surface area contributed by atoms with E-state index in [0.717, 1.165) is 23.1 Å². The minimum absolute atomic E-state index is 0.0759. The molecule has 1 aromatic rings. The molecule has 0 radical (unpaired) electrons. The first-order valence-corrected chi connectivity index (χ1v) is 9.00. The van der Waals surface area contributed by atoms with E-state index in [4.69, 9.17) is 4.74 Å². The summed E-state index contributed by atoms with van der Waals surface area (Å²) in [5.74, 6) is 3.77. The van der Waals surface area contributed by atoms with E-state index in [2.05, 4.69) is 31.3 Å². The van der Waals surface area contributed by atoms with Crippen LogP contribution in [0.2, 0.25) is 0 Å². The number of methoxy groups -OCH3 is 1. The zero-order chi connectivity index (χ0) is 16.4. The zero-order valence-corrected chi connectivity index (χ0v) is 14.5. The van der Waals surface area contributed by atoms with Crippen molar-refractivity contribution >= 4 is 5.91 Å². The molecule has 0 aliphatic heterocycles. The van der Waals surface area contributed by atoms with Crippen LogP contribution in [0, 0.1) is 23.7 Å². The fourth-order valence-electron chi connectivity index (χ4n) is 4.54. The van der Waals surface area contributed by atoms with Gasteiger partial charge in [0.15, 0.2) is 0 Å². The highest BCUT2D eigenvalue weighted by Gasteiger charge is 2.40. The van der Waals surface area contributed by atoms with E-state index >= 15 is 0 Å². The molecule has 3 nitrogen and oxygen atoms in total. The fraction of sp³-hybridized carbons (Fsp3) is 0.650. The van der Waals surface area contributed by atoms with Crippen molar-refractivity contribution in [2.75, 3.05) is 7.11 Å². The fourth-order valence-corrected chi connectivity index (χ4v) is 4.54. The molecule has 0 saturated heterocycles. The summed E-state index contributed by atoms with van der Waals surface area (Å²) < 4.78 is 5.22.